The van der Waals surface area contributed by atoms with Crippen molar-refractivity contribution in [1.82, 2.24) is 0 Å². The van der Waals surface area contributed by atoms with Crippen LogP contribution in [-0.4, -0.2) is 0 Å². The summed E-state index contributed by atoms with van der Waals surface area (Å²) in [6.45, 7) is 17.6. The summed E-state index contributed by atoms with van der Waals surface area (Å²) < 4.78 is 0. The van der Waals surface area contributed by atoms with Crippen molar-refractivity contribution >= 4 is 45.3 Å². The van der Waals surface area contributed by atoms with Crippen molar-refractivity contribution in [3.8, 4) is 0 Å². The first-order chi connectivity index (χ1) is 25.0. The molecule has 0 saturated carbocycles. The van der Waals surface area contributed by atoms with Gasteiger partial charge in [-0.05, 0) is 232 Å². The lowest BCUT2D eigenvalue weighted by molar-refractivity contribution is 0.918. The Morgan fingerprint density at radius 2 is 0.558 bits per heavy atom. The minimum Gasteiger partial charge on any atom is -0.310 e. The van der Waals surface area contributed by atoms with Gasteiger partial charge in [-0.1, -0.05) is 36.4 Å². The average Bonchev–Trinajstić information content (AvgIpc) is 3.14. The lowest BCUT2D eigenvalue weighted by atomic mass is 9.75. The number of anilines is 6. The highest BCUT2D eigenvalue weighted by Crippen LogP contribution is 2.47. The molecule has 0 aromatic heterocycles. The smallest absolute Gasteiger partial charge is 0.0464 e. The van der Waals surface area contributed by atoms with Gasteiger partial charge in [0.1, 0.15) is 0 Å². The van der Waals surface area contributed by atoms with Crippen molar-refractivity contribution < 1.29 is 0 Å². The van der Waals surface area contributed by atoms with E-state index in [4.69, 9.17) is 0 Å². The fourth-order valence-electron chi connectivity index (χ4n) is 8.21. The predicted molar refractivity (Wildman–Crippen MR) is 224 cm³/mol. The molecule has 2 nitrogen and oxygen atoms in total. The van der Waals surface area contributed by atoms with Crippen LogP contribution in [0.15, 0.2) is 109 Å². The van der Waals surface area contributed by atoms with Crippen LogP contribution in [0.1, 0.15) is 79.6 Å². The molecule has 0 atom stereocenters. The Morgan fingerprint density at radius 3 is 0.846 bits per heavy atom. The van der Waals surface area contributed by atoms with Crippen LogP contribution in [0.4, 0.5) is 34.1 Å². The highest BCUT2D eigenvalue weighted by atomic mass is 15.1. The molecule has 0 spiro atoms. The molecule has 2 aliphatic rings. The van der Waals surface area contributed by atoms with Crippen LogP contribution in [0.2, 0.25) is 0 Å². The van der Waals surface area contributed by atoms with Gasteiger partial charge in [0.25, 0.3) is 0 Å². The van der Waals surface area contributed by atoms with Gasteiger partial charge in [-0.3, -0.25) is 0 Å². The second-order valence-electron chi connectivity index (χ2n) is 15.4. The van der Waals surface area contributed by atoms with Gasteiger partial charge < -0.3 is 9.80 Å². The van der Waals surface area contributed by atoms with Crippen molar-refractivity contribution in [3.05, 3.63) is 176 Å². The summed E-state index contributed by atoms with van der Waals surface area (Å²) in [4.78, 5) is 4.88. The molecule has 2 aliphatic carbocycles. The van der Waals surface area contributed by atoms with Gasteiger partial charge in [0.05, 0.1) is 0 Å². The van der Waals surface area contributed by atoms with Crippen molar-refractivity contribution in [2.45, 2.75) is 81.1 Å². The summed E-state index contributed by atoms with van der Waals surface area (Å²) >= 11 is 0. The van der Waals surface area contributed by atoms with Gasteiger partial charge in [0.15, 0.2) is 0 Å². The van der Waals surface area contributed by atoms with Crippen LogP contribution >= 0.6 is 0 Å². The van der Waals surface area contributed by atoms with E-state index in [1.165, 1.54) is 112 Å². The van der Waals surface area contributed by atoms with E-state index >= 15 is 0 Å². The average molecular weight is 679 g/mol. The van der Waals surface area contributed by atoms with Crippen LogP contribution in [0.5, 0.6) is 0 Å². The molecular weight excluding hydrogens is 629 g/mol. The number of aryl methyl sites for hydroxylation is 10. The zero-order valence-corrected chi connectivity index (χ0v) is 32.1. The van der Waals surface area contributed by atoms with Crippen molar-refractivity contribution in [2.24, 2.45) is 0 Å². The Morgan fingerprint density at radius 1 is 0.288 bits per heavy atom. The molecular formula is C50H50N2. The zero-order chi connectivity index (χ0) is 36.3. The lowest BCUT2D eigenvalue weighted by Crippen LogP contribution is -2.15. The highest BCUT2D eigenvalue weighted by molar-refractivity contribution is 5.97. The molecule has 6 aromatic carbocycles. The molecule has 0 bridgehead atoms. The van der Waals surface area contributed by atoms with Gasteiger partial charge >= 0.3 is 0 Å². The van der Waals surface area contributed by atoms with Gasteiger partial charge in [-0.2, -0.15) is 0 Å². The topological polar surface area (TPSA) is 6.48 Å². The summed E-state index contributed by atoms with van der Waals surface area (Å²) in [5.74, 6) is 0. The summed E-state index contributed by atoms with van der Waals surface area (Å²) in [6, 6.07) is 41.9. The molecule has 6 aromatic rings. The standard InChI is InChI=1S/C50H50N2/c1-31-9-15-41(25-35(31)5)51(42-16-10-32(2)36(6)26-42)45-19-23-47-39(29-45)13-21-50-48-24-20-46(30-40(48)14-22-49(47)50)52(43-17-11-33(3)37(7)27-43)44-18-12-34(4)38(8)28-44/h9-12,15-20,23-30H,13-14,21-22H2,1-8H3. The number of hydrogen-bond acceptors (Lipinski definition) is 2. The molecule has 0 saturated heterocycles. The zero-order valence-electron chi connectivity index (χ0n) is 32.1. The maximum absolute atomic E-state index is 2.47. The molecule has 0 radical (unpaired) electrons. The molecule has 2 heteroatoms. The fourth-order valence-corrected chi connectivity index (χ4v) is 8.21. The van der Waals surface area contributed by atoms with E-state index in [0.29, 0.717) is 0 Å². The number of rotatable bonds is 6. The number of allylic oxidation sites excluding steroid dienone is 2. The second kappa shape index (κ2) is 13.3. The Labute approximate surface area is 311 Å². The highest BCUT2D eigenvalue weighted by Gasteiger charge is 2.27. The molecule has 0 amide bonds. The van der Waals surface area contributed by atoms with E-state index in [1.54, 1.807) is 0 Å². The SMILES string of the molecule is Cc1ccc(N(c2ccc(C)c(C)c2)c2ccc3c(c2)CCC2=C3CCc3cc(N(c4ccc(C)c(C)c4)c4ccc(C)c(C)c4)ccc32)cc1C. The van der Waals surface area contributed by atoms with Crippen LogP contribution in [0.25, 0.3) is 11.1 Å². The molecule has 0 aliphatic heterocycles. The molecule has 0 unspecified atom stereocenters. The van der Waals surface area contributed by atoms with E-state index < -0.39 is 0 Å². The summed E-state index contributed by atoms with van der Waals surface area (Å²) in [5, 5.41) is 0. The lowest BCUT2D eigenvalue weighted by Gasteiger charge is -2.33. The first-order valence-electron chi connectivity index (χ1n) is 18.9. The maximum Gasteiger partial charge on any atom is 0.0464 e. The van der Waals surface area contributed by atoms with Crippen molar-refractivity contribution in [2.75, 3.05) is 9.80 Å². The number of fused-ring (bicyclic) bond motifs is 4. The van der Waals surface area contributed by atoms with E-state index in [0.717, 1.165) is 25.7 Å². The van der Waals surface area contributed by atoms with E-state index in [1.807, 2.05) is 0 Å². The van der Waals surface area contributed by atoms with Crippen molar-refractivity contribution in [3.63, 3.8) is 0 Å². The summed E-state index contributed by atoms with van der Waals surface area (Å²) in [5.41, 5.74) is 26.7. The van der Waals surface area contributed by atoms with Gasteiger partial charge in [0, 0.05) is 34.1 Å². The predicted octanol–water partition coefficient (Wildman–Crippen LogP) is 13.9. The van der Waals surface area contributed by atoms with E-state index in [9.17, 15) is 0 Å². The first-order valence-corrected chi connectivity index (χ1v) is 18.9. The summed E-state index contributed by atoms with van der Waals surface area (Å²) in [7, 11) is 0. The summed E-state index contributed by atoms with van der Waals surface area (Å²) in [6.07, 6.45) is 4.25. The first kappa shape index (κ1) is 33.8. The Bertz CT molecular complexity index is 2140. The molecule has 0 fully saturated rings. The number of nitrogens with zero attached hydrogens (tertiary/aromatic N) is 2. The Kier molecular flexibility index (Phi) is 8.66. The van der Waals surface area contributed by atoms with Crippen molar-refractivity contribution in [1.29, 1.82) is 0 Å². The third-order valence-corrected chi connectivity index (χ3v) is 12.0. The maximum atomic E-state index is 2.47. The largest absolute Gasteiger partial charge is 0.310 e. The van der Waals surface area contributed by atoms with E-state index in [2.05, 4.69) is 174 Å². The minimum absolute atomic E-state index is 1.05. The van der Waals surface area contributed by atoms with Gasteiger partial charge in [0.2, 0.25) is 0 Å². The molecule has 260 valence electrons. The van der Waals surface area contributed by atoms with Crippen LogP contribution < -0.4 is 9.80 Å². The molecule has 8 rings (SSSR count). The third-order valence-electron chi connectivity index (χ3n) is 12.0. The Balaban J connectivity index is 1.18. The molecule has 0 heterocycles. The molecule has 52 heavy (non-hydrogen) atoms. The van der Waals surface area contributed by atoms with E-state index in [-0.39, 0.29) is 0 Å². The molecule has 0 N–H and O–H groups in total. The minimum atomic E-state index is 1.05. The third kappa shape index (κ3) is 6.05. The van der Waals surface area contributed by atoms with Crippen LogP contribution in [0.3, 0.4) is 0 Å². The number of hydrogen-bond donors (Lipinski definition) is 0. The van der Waals surface area contributed by atoms with Gasteiger partial charge in [-0.15, -0.1) is 0 Å². The fraction of sp³-hybridized carbons (Fsp3) is 0.240. The normalized spacial score (nSPS) is 13.4. The Hall–Kier alpha value is -5.34. The monoisotopic (exact) mass is 678 g/mol. The van der Waals surface area contributed by atoms with Crippen LogP contribution in [0, 0.1) is 55.4 Å². The second-order valence-corrected chi connectivity index (χ2v) is 15.4. The number of benzene rings is 6. The quantitative estimate of drug-likeness (QED) is 0.173. The van der Waals surface area contributed by atoms with Gasteiger partial charge in [-0.25, -0.2) is 0 Å². The van der Waals surface area contributed by atoms with Crippen LogP contribution in [-0.2, 0) is 12.8 Å².